The lowest BCUT2D eigenvalue weighted by Crippen LogP contribution is -2.16. The van der Waals surface area contributed by atoms with E-state index in [1.165, 1.54) is 16.5 Å². The van der Waals surface area contributed by atoms with Gasteiger partial charge in [-0.05, 0) is 44.3 Å². The first kappa shape index (κ1) is 13.8. The lowest BCUT2D eigenvalue weighted by atomic mass is 10.0. The molecule has 0 fully saturated rings. The Kier molecular flexibility index (Phi) is 3.72. The van der Waals surface area contributed by atoms with Gasteiger partial charge in [0.2, 0.25) is 0 Å². The minimum atomic E-state index is 0.425. The molecule has 1 atom stereocenters. The van der Waals surface area contributed by atoms with E-state index in [2.05, 4.69) is 73.4 Å². The zero-order chi connectivity index (χ0) is 14.8. The molecule has 0 radical (unpaired) electrons. The summed E-state index contributed by atoms with van der Waals surface area (Å²) in [6.45, 7) is 2.21. The molecule has 0 aliphatic carbocycles. The maximum absolute atomic E-state index is 4.54. The molecular formula is C19H20N2. The van der Waals surface area contributed by atoms with Gasteiger partial charge < -0.3 is 4.90 Å². The standard InChI is InChI=1S/C19H20N2/c1-14(21(2)3)15-8-10-16(11-9-15)18-12-17-6-4-5-7-19(17)20-13-18/h4-14H,1-3H3/t14-/m0/s1. The average molecular weight is 276 g/mol. The lowest BCUT2D eigenvalue weighted by Gasteiger charge is -2.20. The van der Waals surface area contributed by atoms with Crippen molar-refractivity contribution in [3.8, 4) is 11.1 Å². The Balaban J connectivity index is 1.95. The van der Waals surface area contributed by atoms with Crippen molar-refractivity contribution in [3.63, 3.8) is 0 Å². The molecule has 0 saturated heterocycles. The molecule has 106 valence electrons. The van der Waals surface area contributed by atoms with E-state index in [1.807, 2.05) is 18.3 Å². The molecule has 21 heavy (non-hydrogen) atoms. The Morgan fingerprint density at radius 2 is 1.62 bits per heavy atom. The second kappa shape index (κ2) is 5.66. The number of pyridine rings is 1. The third-order valence-corrected chi connectivity index (χ3v) is 4.09. The summed E-state index contributed by atoms with van der Waals surface area (Å²) in [5.74, 6) is 0. The molecule has 1 heterocycles. The fourth-order valence-electron chi connectivity index (χ4n) is 2.48. The molecule has 3 rings (SSSR count). The first-order valence-electron chi connectivity index (χ1n) is 7.27. The Bertz CT molecular complexity index is 745. The summed E-state index contributed by atoms with van der Waals surface area (Å²) >= 11 is 0. The molecule has 0 saturated carbocycles. The van der Waals surface area contributed by atoms with Gasteiger partial charge in [-0.15, -0.1) is 0 Å². The summed E-state index contributed by atoms with van der Waals surface area (Å²) in [4.78, 5) is 6.75. The molecule has 0 bridgehead atoms. The molecule has 0 amide bonds. The van der Waals surface area contributed by atoms with E-state index >= 15 is 0 Å². The minimum absolute atomic E-state index is 0.425. The SMILES string of the molecule is C[C@@H](c1ccc(-c2cnc3ccccc3c2)cc1)N(C)C. The fraction of sp³-hybridized carbons (Fsp3) is 0.211. The van der Waals surface area contributed by atoms with Crippen LogP contribution in [0, 0.1) is 0 Å². The highest BCUT2D eigenvalue weighted by Crippen LogP contribution is 2.25. The molecule has 2 aromatic carbocycles. The number of hydrogen-bond donors (Lipinski definition) is 0. The lowest BCUT2D eigenvalue weighted by molar-refractivity contribution is 0.321. The van der Waals surface area contributed by atoms with Crippen LogP contribution in [0.25, 0.3) is 22.0 Å². The molecule has 0 aliphatic heterocycles. The molecule has 0 N–H and O–H groups in total. The molecule has 2 heteroatoms. The molecule has 1 aromatic heterocycles. The van der Waals surface area contributed by atoms with Gasteiger partial charge in [0, 0.05) is 23.2 Å². The van der Waals surface area contributed by atoms with Crippen molar-refractivity contribution in [3.05, 3.63) is 66.4 Å². The van der Waals surface area contributed by atoms with Gasteiger partial charge in [-0.1, -0.05) is 42.5 Å². The van der Waals surface area contributed by atoms with Crippen LogP contribution in [0.3, 0.4) is 0 Å². The van der Waals surface area contributed by atoms with Gasteiger partial charge in [-0.2, -0.15) is 0 Å². The third kappa shape index (κ3) is 2.81. The van der Waals surface area contributed by atoms with E-state index in [0.29, 0.717) is 6.04 Å². The predicted molar refractivity (Wildman–Crippen MR) is 89.3 cm³/mol. The smallest absolute Gasteiger partial charge is 0.0702 e. The van der Waals surface area contributed by atoms with Crippen LogP contribution in [0.1, 0.15) is 18.5 Å². The summed E-state index contributed by atoms with van der Waals surface area (Å²) in [7, 11) is 4.21. The summed E-state index contributed by atoms with van der Waals surface area (Å²) in [5, 5.41) is 1.18. The summed E-state index contributed by atoms with van der Waals surface area (Å²) in [6.07, 6.45) is 1.95. The molecular weight excluding hydrogens is 256 g/mol. The number of para-hydroxylation sites is 1. The van der Waals surface area contributed by atoms with E-state index < -0.39 is 0 Å². The van der Waals surface area contributed by atoms with E-state index in [9.17, 15) is 0 Å². The van der Waals surface area contributed by atoms with Crippen LogP contribution >= 0.6 is 0 Å². The van der Waals surface area contributed by atoms with Gasteiger partial charge in [0.15, 0.2) is 0 Å². The van der Waals surface area contributed by atoms with Gasteiger partial charge in [0.25, 0.3) is 0 Å². The topological polar surface area (TPSA) is 16.1 Å². The summed E-state index contributed by atoms with van der Waals surface area (Å²) < 4.78 is 0. The number of fused-ring (bicyclic) bond motifs is 1. The largest absolute Gasteiger partial charge is 0.303 e. The van der Waals surface area contributed by atoms with Crippen LogP contribution in [0.5, 0.6) is 0 Å². The number of aromatic nitrogens is 1. The quantitative estimate of drug-likeness (QED) is 0.699. The van der Waals surface area contributed by atoms with E-state index in [1.54, 1.807) is 0 Å². The van der Waals surface area contributed by atoms with E-state index in [4.69, 9.17) is 0 Å². The van der Waals surface area contributed by atoms with Gasteiger partial charge in [-0.3, -0.25) is 4.98 Å². The summed E-state index contributed by atoms with van der Waals surface area (Å²) in [5.41, 5.74) is 4.75. The van der Waals surface area contributed by atoms with Gasteiger partial charge in [-0.25, -0.2) is 0 Å². The number of nitrogens with zero attached hydrogens (tertiary/aromatic N) is 2. The highest BCUT2D eigenvalue weighted by Gasteiger charge is 2.08. The van der Waals surface area contributed by atoms with Crippen LogP contribution in [0.15, 0.2) is 60.8 Å². The Labute approximate surface area is 126 Å². The van der Waals surface area contributed by atoms with Gasteiger partial charge >= 0.3 is 0 Å². The average Bonchev–Trinajstić information content (AvgIpc) is 2.54. The van der Waals surface area contributed by atoms with Crippen molar-refractivity contribution in [1.29, 1.82) is 0 Å². The van der Waals surface area contributed by atoms with Crippen molar-refractivity contribution in [1.82, 2.24) is 9.88 Å². The van der Waals surface area contributed by atoms with Crippen LogP contribution < -0.4 is 0 Å². The molecule has 2 nitrogen and oxygen atoms in total. The van der Waals surface area contributed by atoms with Gasteiger partial charge in [0.1, 0.15) is 0 Å². The zero-order valence-corrected chi connectivity index (χ0v) is 12.7. The Morgan fingerprint density at radius 3 is 2.33 bits per heavy atom. The second-order valence-corrected chi connectivity index (χ2v) is 5.68. The Morgan fingerprint density at radius 1 is 0.905 bits per heavy atom. The van der Waals surface area contributed by atoms with E-state index in [-0.39, 0.29) is 0 Å². The Hall–Kier alpha value is -2.19. The molecule has 0 aliphatic rings. The van der Waals surface area contributed by atoms with Crippen LogP contribution in [-0.2, 0) is 0 Å². The second-order valence-electron chi connectivity index (χ2n) is 5.68. The normalized spacial score (nSPS) is 12.8. The van der Waals surface area contributed by atoms with Crippen LogP contribution in [-0.4, -0.2) is 24.0 Å². The summed E-state index contributed by atoms with van der Waals surface area (Å²) in [6, 6.07) is 19.6. The van der Waals surface area contributed by atoms with Crippen molar-refractivity contribution in [2.24, 2.45) is 0 Å². The third-order valence-electron chi connectivity index (χ3n) is 4.09. The number of benzene rings is 2. The highest BCUT2D eigenvalue weighted by atomic mass is 15.1. The van der Waals surface area contributed by atoms with E-state index in [0.717, 1.165) is 11.1 Å². The number of rotatable bonds is 3. The predicted octanol–water partition coefficient (Wildman–Crippen LogP) is 4.52. The van der Waals surface area contributed by atoms with Crippen molar-refractivity contribution in [2.75, 3.05) is 14.1 Å². The van der Waals surface area contributed by atoms with Crippen LogP contribution in [0.2, 0.25) is 0 Å². The first-order chi connectivity index (χ1) is 10.1. The van der Waals surface area contributed by atoms with Gasteiger partial charge in [0.05, 0.1) is 5.52 Å². The fourth-order valence-corrected chi connectivity index (χ4v) is 2.48. The maximum atomic E-state index is 4.54. The number of hydrogen-bond acceptors (Lipinski definition) is 2. The minimum Gasteiger partial charge on any atom is -0.303 e. The molecule has 3 aromatic rings. The monoisotopic (exact) mass is 276 g/mol. The molecule has 0 unspecified atom stereocenters. The highest BCUT2D eigenvalue weighted by molar-refractivity contribution is 5.83. The first-order valence-corrected chi connectivity index (χ1v) is 7.27. The van der Waals surface area contributed by atoms with Crippen molar-refractivity contribution < 1.29 is 0 Å². The zero-order valence-electron chi connectivity index (χ0n) is 12.7. The molecule has 0 spiro atoms. The van der Waals surface area contributed by atoms with Crippen molar-refractivity contribution >= 4 is 10.9 Å². The van der Waals surface area contributed by atoms with Crippen LogP contribution in [0.4, 0.5) is 0 Å². The maximum Gasteiger partial charge on any atom is 0.0702 e. The van der Waals surface area contributed by atoms with Crippen molar-refractivity contribution in [2.45, 2.75) is 13.0 Å².